The molecule has 0 spiro atoms. The monoisotopic (exact) mass is 375 g/mol. The fourth-order valence-electron chi connectivity index (χ4n) is 1.85. The van der Waals surface area contributed by atoms with Crippen LogP contribution in [0.2, 0.25) is 0 Å². The van der Waals surface area contributed by atoms with Crippen molar-refractivity contribution >= 4 is 11.7 Å². The van der Waals surface area contributed by atoms with Crippen LogP contribution in [0, 0.1) is 11.8 Å². The van der Waals surface area contributed by atoms with Crippen LogP contribution < -0.4 is 5.32 Å². The molecule has 7 nitrogen and oxygen atoms in total. The Balaban J connectivity index is 3.26. The standard InChI is InChI=1S/C19H37NO6/c1-16(2)6-5-8-23-10-13-26-15-19(22)20-7-9-24-11-12-25-14-18(21)17(3)4/h16-17H,5-15H2,1-4H3,(H,20,22). The second kappa shape index (κ2) is 17.4. The summed E-state index contributed by atoms with van der Waals surface area (Å²) in [6.07, 6.45) is 2.21. The highest BCUT2D eigenvalue weighted by molar-refractivity contribution is 5.81. The summed E-state index contributed by atoms with van der Waals surface area (Å²) in [7, 11) is 0. The largest absolute Gasteiger partial charge is 0.379 e. The minimum absolute atomic E-state index is 0.00946. The van der Waals surface area contributed by atoms with Crippen LogP contribution >= 0.6 is 0 Å². The van der Waals surface area contributed by atoms with E-state index in [0.717, 1.165) is 19.4 Å². The first kappa shape index (κ1) is 25.0. The normalized spacial score (nSPS) is 11.3. The predicted octanol–water partition coefficient (Wildman–Crippen LogP) is 1.83. The maximum atomic E-state index is 11.5. The number of nitrogens with one attached hydrogen (secondary N) is 1. The van der Waals surface area contributed by atoms with Gasteiger partial charge in [-0.15, -0.1) is 0 Å². The third-order valence-corrected chi connectivity index (χ3v) is 3.50. The van der Waals surface area contributed by atoms with Gasteiger partial charge in [-0.1, -0.05) is 27.7 Å². The number of ketones is 1. The molecule has 0 saturated carbocycles. The van der Waals surface area contributed by atoms with Crippen molar-refractivity contribution in [3.63, 3.8) is 0 Å². The summed E-state index contributed by atoms with van der Waals surface area (Å²) in [5, 5.41) is 2.71. The molecule has 0 rings (SSSR count). The van der Waals surface area contributed by atoms with E-state index in [0.29, 0.717) is 45.5 Å². The van der Waals surface area contributed by atoms with Gasteiger partial charge < -0.3 is 24.3 Å². The van der Waals surface area contributed by atoms with Crippen LogP contribution in [0.5, 0.6) is 0 Å². The van der Waals surface area contributed by atoms with Gasteiger partial charge in [0.05, 0.1) is 33.0 Å². The van der Waals surface area contributed by atoms with E-state index >= 15 is 0 Å². The molecular formula is C19H37NO6. The van der Waals surface area contributed by atoms with E-state index in [1.54, 1.807) is 0 Å². The average molecular weight is 376 g/mol. The zero-order valence-electron chi connectivity index (χ0n) is 16.9. The topological polar surface area (TPSA) is 83.1 Å². The van der Waals surface area contributed by atoms with Gasteiger partial charge in [0.2, 0.25) is 5.91 Å². The van der Waals surface area contributed by atoms with Crippen molar-refractivity contribution < 1.29 is 28.5 Å². The van der Waals surface area contributed by atoms with E-state index in [4.69, 9.17) is 18.9 Å². The van der Waals surface area contributed by atoms with Crippen LogP contribution in [0.1, 0.15) is 40.5 Å². The number of ether oxygens (including phenoxy) is 4. The first-order valence-electron chi connectivity index (χ1n) is 9.53. The Morgan fingerprint density at radius 3 is 1.96 bits per heavy atom. The van der Waals surface area contributed by atoms with Gasteiger partial charge in [0.15, 0.2) is 5.78 Å². The molecule has 0 aliphatic rings. The van der Waals surface area contributed by atoms with Gasteiger partial charge in [-0.2, -0.15) is 0 Å². The molecule has 0 heterocycles. The minimum Gasteiger partial charge on any atom is -0.379 e. The summed E-state index contributed by atoms with van der Waals surface area (Å²) < 4.78 is 21.2. The highest BCUT2D eigenvalue weighted by atomic mass is 16.5. The number of hydrogen-bond donors (Lipinski definition) is 1. The molecule has 0 aromatic heterocycles. The van der Waals surface area contributed by atoms with Gasteiger partial charge in [0.1, 0.15) is 13.2 Å². The Labute approximate surface area is 158 Å². The van der Waals surface area contributed by atoms with E-state index in [1.165, 1.54) is 0 Å². The lowest BCUT2D eigenvalue weighted by molar-refractivity contribution is -0.128. The fraction of sp³-hybridized carbons (Fsp3) is 0.895. The molecule has 7 heteroatoms. The molecule has 26 heavy (non-hydrogen) atoms. The first-order chi connectivity index (χ1) is 12.4. The summed E-state index contributed by atoms with van der Waals surface area (Å²) in [5.41, 5.74) is 0. The smallest absolute Gasteiger partial charge is 0.246 e. The number of hydrogen-bond acceptors (Lipinski definition) is 6. The van der Waals surface area contributed by atoms with E-state index in [9.17, 15) is 9.59 Å². The molecule has 1 amide bonds. The predicted molar refractivity (Wildman–Crippen MR) is 100 cm³/mol. The summed E-state index contributed by atoms with van der Waals surface area (Å²) in [4.78, 5) is 22.9. The zero-order valence-corrected chi connectivity index (χ0v) is 16.9. The third kappa shape index (κ3) is 17.8. The zero-order chi connectivity index (χ0) is 19.6. The summed E-state index contributed by atoms with van der Waals surface area (Å²) in [6, 6.07) is 0. The highest BCUT2D eigenvalue weighted by Gasteiger charge is 2.06. The third-order valence-electron chi connectivity index (χ3n) is 3.50. The second-order valence-corrected chi connectivity index (χ2v) is 6.84. The SMILES string of the molecule is CC(C)CCCOCCOCC(=O)NCCOCCOCC(=O)C(C)C. The lowest BCUT2D eigenvalue weighted by atomic mass is 10.1. The van der Waals surface area contributed by atoms with E-state index < -0.39 is 0 Å². The van der Waals surface area contributed by atoms with Crippen LogP contribution in [0.3, 0.4) is 0 Å². The van der Waals surface area contributed by atoms with Crippen molar-refractivity contribution in [2.75, 3.05) is 59.4 Å². The van der Waals surface area contributed by atoms with Crippen molar-refractivity contribution in [2.24, 2.45) is 11.8 Å². The summed E-state index contributed by atoms with van der Waals surface area (Å²) in [5.74, 6) is 0.597. The van der Waals surface area contributed by atoms with Gasteiger partial charge >= 0.3 is 0 Å². The Hall–Kier alpha value is -1.02. The van der Waals surface area contributed by atoms with Crippen molar-refractivity contribution in [2.45, 2.75) is 40.5 Å². The number of amides is 1. The Morgan fingerprint density at radius 1 is 0.769 bits per heavy atom. The second-order valence-electron chi connectivity index (χ2n) is 6.84. The van der Waals surface area contributed by atoms with Gasteiger partial charge in [0, 0.05) is 19.1 Å². The van der Waals surface area contributed by atoms with Crippen LogP contribution in [-0.2, 0) is 28.5 Å². The number of rotatable bonds is 18. The number of carbonyl (C=O) groups excluding carboxylic acids is 2. The highest BCUT2D eigenvalue weighted by Crippen LogP contribution is 2.02. The van der Waals surface area contributed by atoms with Gasteiger partial charge in [0.25, 0.3) is 0 Å². The van der Waals surface area contributed by atoms with Crippen molar-refractivity contribution in [1.82, 2.24) is 5.32 Å². The molecule has 0 fully saturated rings. The molecule has 0 bridgehead atoms. The molecule has 1 N–H and O–H groups in total. The average Bonchev–Trinajstić information content (AvgIpc) is 2.58. The molecule has 0 aromatic rings. The van der Waals surface area contributed by atoms with E-state index in [1.807, 2.05) is 13.8 Å². The van der Waals surface area contributed by atoms with Gasteiger partial charge in [-0.3, -0.25) is 9.59 Å². The van der Waals surface area contributed by atoms with Crippen LogP contribution in [0.25, 0.3) is 0 Å². The molecule has 0 saturated heterocycles. The number of Topliss-reactive ketones (excluding diaryl/α,β-unsaturated/α-hetero) is 1. The molecule has 0 aliphatic carbocycles. The maximum absolute atomic E-state index is 11.5. The number of carbonyl (C=O) groups is 2. The van der Waals surface area contributed by atoms with Crippen LogP contribution in [0.4, 0.5) is 0 Å². The van der Waals surface area contributed by atoms with Gasteiger partial charge in [-0.25, -0.2) is 0 Å². The van der Waals surface area contributed by atoms with Gasteiger partial charge in [-0.05, 0) is 18.8 Å². The molecule has 154 valence electrons. The molecule has 0 atom stereocenters. The van der Waals surface area contributed by atoms with Crippen molar-refractivity contribution in [3.8, 4) is 0 Å². The van der Waals surface area contributed by atoms with Crippen molar-refractivity contribution in [1.29, 1.82) is 0 Å². The molecular weight excluding hydrogens is 338 g/mol. The summed E-state index contributed by atoms with van der Waals surface area (Å²) in [6.45, 7) is 11.4. The quantitative estimate of drug-likeness (QED) is 0.368. The van der Waals surface area contributed by atoms with Crippen LogP contribution in [0.15, 0.2) is 0 Å². The van der Waals surface area contributed by atoms with Crippen LogP contribution in [-0.4, -0.2) is 71.1 Å². The Kier molecular flexibility index (Phi) is 16.7. The minimum atomic E-state index is -0.174. The maximum Gasteiger partial charge on any atom is 0.246 e. The first-order valence-corrected chi connectivity index (χ1v) is 9.53. The lowest BCUT2D eigenvalue weighted by Crippen LogP contribution is -2.31. The molecule has 0 unspecified atom stereocenters. The Bertz CT molecular complexity index is 360. The molecule has 0 aromatic carbocycles. The van der Waals surface area contributed by atoms with Crippen molar-refractivity contribution in [3.05, 3.63) is 0 Å². The van der Waals surface area contributed by atoms with E-state index in [2.05, 4.69) is 19.2 Å². The molecule has 0 aliphatic heterocycles. The Morgan fingerprint density at radius 2 is 1.35 bits per heavy atom. The fourth-order valence-corrected chi connectivity index (χ4v) is 1.85. The molecule has 0 radical (unpaired) electrons. The summed E-state index contributed by atoms with van der Waals surface area (Å²) >= 11 is 0. The van der Waals surface area contributed by atoms with E-state index in [-0.39, 0.29) is 30.8 Å². The lowest BCUT2D eigenvalue weighted by Gasteiger charge is -2.09.